The van der Waals surface area contributed by atoms with Gasteiger partial charge in [0.15, 0.2) is 0 Å². The average molecular weight is 280 g/mol. The van der Waals surface area contributed by atoms with Crippen LogP contribution in [0.3, 0.4) is 0 Å². The van der Waals surface area contributed by atoms with Crippen molar-refractivity contribution >= 4 is 23.3 Å². The Hall–Kier alpha value is -2.08. The number of hydrogen-bond acceptors (Lipinski definition) is 4. The Morgan fingerprint density at radius 1 is 1.20 bits per heavy atom. The Morgan fingerprint density at radius 3 is 2.35 bits per heavy atom. The Kier molecular flexibility index (Phi) is 6.52. The van der Waals surface area contributed by atoms with E-state index in [4.69, 9.17) is 10.2 Å². The number of anilines is 2. The van der Waals surface area contributed by atoms with E-state index in [0.717, 1.165) is 12.2 Å². The number of hydrogen-bond donors (Lipinski definition) is 3. The summed E-state index contributed by atoms with van der Waals surface area (Å²) >= 11 is 0. The number of nitrogens with zero attached hydrogens (tertiary/aromatic N) is 1. The van der Waals surface area contributed by atoms with Gasteiger partial charge in [-0.15, -0.1) is 0 Å². The molecule has 0 spiro atoms. The van der Waals surface area contributed by atoms with Crippen molar-refractivity contribution in [2.75, 3.05) is 29.9 Å². The van der Waals surface area contributed by atoms with Crippen molar-refractivity contribution in [3.63, 3.8) is 0 Å². The fourth-order valence-electron chi connectivity index (χ4n) is 1.79. The van der Waals surface area contributed by atoms with Gasteiger partial charge in [0.2, 0.25) is 5.91 Å². The molecule has 6 nitrogen and oxygen atoms in total. The summed E-state index contributed by atoms with van der Waals surface area (Å²) in [4.78, 5) is 23.9. The molecule has 0 radical (unpaired) electrons. The van der Waals surface area contributed by atoms with Crippen LogP contribution in [0, 0.1) is 0 Å². The van der Waals surface area contributed by atoms with E-state index >= 15 is 0 Å². The number of benzene rings is 1. The molecule has 110 valence electrons. The molecule has 0 saturated heterocycles. The first-order valence-corrected chi connectivity index (χ1v) is 6.54. The second-order valence-corrected chi connectivity index (χ2v) is 4.29. The highest BCUT2D eigenvalue weighted by atomic mass is 16.4. The number of carbonyl (C=O) groups excluding carboxylic acids is 1. The van der Waals surface area contributed by atoms with Crippen LogP contribution in [-0.4, -0.2) is 41.8 Å². The molecule has 0 fully saturated rings. The number of aliphatic hydroxyl groups is 1. The highest BCUT2D eigenvalue weighted by Gasteiger charge is 2.07. The molecule has 1 aromatic rings. The van der Waals surface area contributed by atoms with Crippen molar-refractivity contribution in [1.29, 1.82) is 0 Å². The molecule has 6 heteroatoms. The van der Waals surface area contributed by atoms with Crippen LogP contribution in [0.4, 0.5) is 11.4 Å². The van der Waals surface area contributed by atoms with E-state index < -0.39 is 5.97 Å². The molecular formula is C14H20N2O4. The fraction of sp³-hybridized carbons (Fsp3) is 0.429. The third-order valence-electron chi connectivity index (χ3n) is 2.83. The number of amides is 1. The van der Waals surface area contributed by atoms with Gasteiger partial charge in [-0.2, -0.15) is 0 Å². The van der Waals surface area contributed by atoms with E-state index in [0.29, 0.717) is 12.2 Å². The molecule has 0 aliphatic rings. The number of aliphatic carboxylic acids is 1. The van der Waals surface area contributed by atoms with E-state index in [2.05, 4.69) is 5.32 Å². The molecule has 0 atom stereocenters. The van der Waals surface area contributed by atoms with Gasteiger partial charge in [0.25, 0.3) is 0 Å². The Balaban J connectivity index is 2.57. The zero-order chi connectivity index (χ0) is 15.0. The van der Waals surface area contributed by atoms with E-state index in [1.807, 2.05) is 24.0 Å². The minimum absolute atomic E-state index is 0.0390. The number of carboxylic acids is 1. The zero-order valence-electron chi connectivity index (χ0n) is 11.5. The smallest absolute Gasteiger partial charge is 0.303 e. The van der Waals surface area contributed by atoms with Crippen LogP contribution in [0.2, 0.25) is 0 Å². The highest BCUT2D eigenvalue weighted by Crippen LogP contribution is 2.17. The summed E-state index contributed by atoms with van der Waals surface area (Å²) in [5.41, 5.74) is 1.59. The molecule has 0 bridgehead atoms. The largest absolute Gasteiger partial charge is 0.481 e. The summed E-state index contributed by atoms with van der Waals surface area (Å²) in [6.45, 7) is 3.42. The summed E-state index contributed by atoms with van der Waals surface area (Å²) in [7, 11) is 0. The number of likely N-dealkylation sites (N-methyl/N-ethyl adjacent to an activating group) is 1. The van der Waals surface area contributed by atoms with Crippen LogP contribution in [0.25, 0.3) is 0 Å². The van der Waals surface area contributed by atoms with Crippen LogP contribution < -0.4 is 10.2 Å². The quantitative estimate of drug-likeness (QED) is 0.668. The third-order valence-corrected chi connectivity index (χ3v) is 2.83. The predicted octanol–water partition coefficient (Wildman–Crippen LogP) is 1.31. The molecule has 1 aromatic carbocycles. The highest BCUT2D eigenvalue weighted by molar-refractivity contribution is 5.92. The van der Waals surface area contributed by atoms with E-state index in [1.54, 1.807) is 12.1 Å². The number of carboxylic acid groups (broad SMARTS) is 1. The van der Waals surface area contributed by atoms with Crippen LogP contribution in [-0.2, 0) is 9.59 Å². The second kappa shape index (κ2) is 8.16. The van der Waals surface area contributed by atoms with Gasteiger partial charge in [-0.25, -0.2) is 0 Å². The third kappa shape index (κ3) is 5.27. The normalized spacial score (nSPS) is 10.1. The first-order valence-electron chi connectivity index (χ1n) is 6.54. The van der Waals surface area contributed by atoms with E-state index in [1.165, 1.54) is 0 Å². The summed E-state index contributed by atoms with van der Waals surface area (Å²) in [5, 5.41) is 20.1. The second-order valence-electron chi connectivity index (χ2n) is 4.29. The van der Waals surface area contributed by atoms with Crippen LogP contribution in [0.5, 0.6) is 0 Å². The van der Waals surface area contributed by atoms with Gasteiger partial charge in [-0.1, -0.05) is 0 Å². The van der Waals surface area contributed by atoms with Crippen molar-refractivity contribution in [2.45, 2.75) is 19.8 Å². The Bertz CT molecular complexity index is 445. The minimum Gasteiger partial charge on any atom is -0.481 e. The maximum absolute atomic E-state index is 11.5. The van der Waals surface area contributed by atoms with Gasteiger partial charge >= 0.3 is 5.97 Å². The lowest BCUT2D eigenvalue weighted by atomic mass is 10.2. The van der Waals surface area contributed by atoms with Crippen molar-refractivity contribution < 1.29 is 19.8 Å². The molecule has 20 heavy (non-hydrogen) atoms. The van der Waals surface area contributed by atoms with Crippen molar-refractivity contribution in [3.05, 3.63) is 24.3 Å². The topological polar surface area (TPSA) is 89.9 Å². The van der Waals surface area contributed by atoms with Gasteiger partial charge in [0.05, 0.1) is 13.0 Å². The summed E-state index contributed by atoms with van der Waals surface area (Å²) < 4.78 is 0. The van der Waals surface area contributed by atoms with Gasteiger partial charge in [0.1, 0.15) is 0 Å². The van der Waals surface area contributed by atoms with Crippen LogP contribution in [0.15, 0.2) is 24.3 Å². The fourth-order valence-corrected chi connectivity index (χ4v) is 1.79. The summed E-state index contributed by atoms with van der Waals surface area (Å²) in [6, 6.07) is 7.22. The monoisotopic (exact) mass is 280 g/mol. The molecule has 0 aromatic heterocycles. The summed E-state index contributed by atoms with van der Waals surface area (Å²) in [5.74, 6) is -1.30. The van der Waals surface area contributed by atoms with Gasteiger partial charge < -0.3 is 20.4 Å². The van der Waals surface area contributed by atoms with Crippen molar-refractivity contribution in [1.82, 2.24) is 0 Å². The van der Waals surface area contributed by atoms with Crippen molar-refractivity contribution in [3.8, 4) is 0 Å². The SMILES string of the molecule is CCN(CCO)c1ccc(NC(=O)CCC(=O)O)cc1. The minimum atomic E-state index is -0.988. The average Bonchev–Trinajstić information content (AvgIpc) is 2.43. The Labute approximate surface area is 118 Å². The Morgan fingerprint density at radius 2 is 1.85 bits per heavy atom. The van der Waals surface area contributed by atoms with Crippen LogP contribution in [0.1, 0.15) is 19.8 Å². The first kappa shape index (κ1) is 16.0. The van der Waals surface area contributed by atoms with Gasteiger partial charge in [0, 0.05) is 30.9 Å². The lowest BCUT2D eigenvalue weighted by Crippen LogP contribution is -2.26. The van der Waals surface area contributed by atoms with Crippen molar-refractivity contribution in [2.24, 2.45) is 0 Å². The molecular weight excluding hydrogens is 260 g/mol. The molecule has 0 unspecified atom stereocenters. The van der Waals surface area contributed by atoms with Gasteiger partial charge in [-0.05, 0) is 31.2 Å². The summed E-state index contributed by atoms with van der Waals surface area (Å²) in [6.07, 6.45) is -0.216. The lowest BCUT2D eigenvalue weighted by Gasteiger charge is -2.22. The van der Waals surface area contributed by atoms with E-state index in [9.17, 15) is 9.59 Å². The zero-order valence-corrected chi connectivity index (χ0v) is 11.5. The molecule has 0 aliphatic carbocycles. The molecule has 0 heterocycles. The number of rotatable bonds is 8. The predicted molar refractivity (Wildman–Crippen MR) is 76.9 cm³/mol. The number of aliphatic hydroxyl groups excluding tert-OH is 1. The first-order chi connectivity index (χ1) is 9.56. The molecule has 1 rings (SSSR count). The number of carbonyl (C=O) groups is 2. The van der Waals surface area contributed by atoms with E-state index in [-0.39, 0.29) is 25.4 Å². The molecule has 0 saturated carbocycles. The molecule has 3 N–H and O–H groups in total. The lowest BCUT2D eigenvalue weighted by molar-refractivity contribution is -0.138. The van der Waals surface area contributed by atoms with Gasteiger partial charge in [-0.3, -0.25) is 9.59 Å². The maximum atomic E-state index is 11.5. The van der Waals surface area contributed by atoms with Crippen LogP contribution >= 0.6 is 0 Å². The number of nitrogens with one attached hydrogen (secondary N) is 1. The molecule has 0 aliphatic heterocycles. The maximum Gasteiger partial charge on any atom is 0.303 e. The standard InChI is InChI=1S/C14H20N2O4/c1-2-16(9-10-17)12-5-3-11(4-6-12)15-13(18)7-8-14(19)20/h3-6,17H,2,7-10H2,1H3,(H,15,18)(H,19,20). The molecule has 1 amide bonds.